The molecule has 0 radical (unpaired) electrons. The predicted octanol–water partition coefficient (Wildman–Crippen LogP) is 2.79. The van der Waals surface area contributed by atoms with Gasteiger partial charge in [-0.3, -0.25) is 0 Å². The number of nitrogens with zero attached hydrogens (tertiary/aromatic N) is 5. The number of tetrazole rings is 1. The minimum absolute atomic E-state index is 0.502. The first-order chi connectivity index (χ1) is 11.8. The van der Waals surface area contributed by atoms with E-state index >= 15 is 0 Å². The van der Waals surface area contributed by atoms with Crippen LogP contribution in [0, 0.1) is 0 Å². The van der Waals surface area contributed by atoms with Crippen LogP contribution in [-0.2, 0) is 6.54 Å². The smallest absolute Gasteiger partial charge is 0.245 e. The fourth-order valence-electron chi connectivity index (χ4n) is 3.17. The van der Waals surface area contributed by atoms with Crippen LogP contribution in [0.15, 0.2) is 41.1 Å². The lowest BCUT2D eigenvalue weighted by Gasteiger charge is -2.17. The molecule has 1 aliphatic rings. The molecule has 1 fully saturated rings. The summed E-state index contributed by atoms with van der Waals surface area (Å²) in [5.74, 6) is 2.26. The van der Waals surface area contributed by atoms with Crippen LogP contribution in [0.2, 0.25) is 0 Å². The Kier molecular flexibility index (Phi) is 4.17. The summed E-state index contributed by atoms with van der Waals surface area (Å²) in [6.07, 6.45) is 1.11. The third-order valence-electron chi connectivity index (χ3n) is 4.48. The van der Waals surface area contributed by atoms with E-state index in [2.05, 4.69) is 49.4 Å². The average molecular weight is 341 g/mol. The van der Waals surface area contributed by atoms with Crippen molar-refractivity contribution in [3.8, 4) is 5.75 Å². The zero-order valence-electron chi connectivity index (χ0n) is 13.5. The van der Waals surface area contributed by atoms with Gasteiger partial charge in [-0.05, 0) is 56.9 Å². The van der Waals surface area contributed by atoms with Gasteiger partial charge in [0.2, 0.25) is 5.95 Å². The molecule has 0 amide bonds. The van der Waals surface area contributed by atoms with E-state index in [0.29, 0.717) is 5.92 Å². The van der Waals surface area contributed by atoms with Crippen molar-refractivity contribution >= 4 is 17.3 Å². The van der Waals surface area contributed by atoms with Gasteiger partial charge in [0.15, 0.2) is 0 Å². The normalized spacial score (nSPS) is 17.4. The van der Waals surface area contributed by atoms with E-state index in [1.54, 1.807) is 18.4 Å². The Hall–Kier alpha value is -2.41. The van der Waals surface area contributed by atoms with Crippen molar-refractivity contribution in [1.29, 1.82) is 0 Å². The average Bonchev–Trinajstić information content (AvgIpc) is 3.37. The monoisotopic (exact) mass is 341 g/mol. The molecular formula is C17H19N5OS. The number of anilines is 1. The molecule has 1 unspecified atom stereocenters. The maximum Gasteiger partial charge on any atom is 0.245 e. The maximum absolute atomic E-state index is 5.24. The van der Waals surface area contributed by atoms with Gasteiger partial charge in [0.25, 0.3) is 0 Å². The summed E-state index contributed by atoms with van der Waals surface area (Å²) < 4.78 is 7.13. The largest absolute Gasteiger partial charge is 0.497 e. The molecule has 124 valence electrons. The summed E-state index contributed by atoms with van der Waals surface area (Å²) in [7, 11) is 1.69. The lowest BCUT2D eigenvalue weighted by atomic mass is 9.98. The molecule has 0 saturated carbocycles. The van der Waals surface area contributed by atoms with Crippen LogP contribution in [0.4, 0.5) is 5.95 Å². The highest BCUT2D eigenvalue weighted by Gasteiger charge is 2.27. The van der Waals surface area contributed by atoms with E-state index in [9.17, 15) is 0 Å². The van der Waals surface area contributed by atoms with Gasteiger partial charge in [-0.2, -0.15) is 11.3 Å². The van der Waals surface area contributed by atoms with Crippen molar-refractivity contribution in [1.82, 2.24) is 20.2 Å². The first kappa shape index (κ1) is 15.1. The number of ether oxygens (including phenoxy) is 1. The first-order valence-electron chi connectivity index (χ1n) is 7.99. The lowest BCUT2D eigenvalue weighted by molar-refractivity contribution is 0.414. The van der Waals surface area contributed by atoms with Crippen LogP contribution in [0.5, 0.6) is 5.75 Å². The highest BCUT2D eigenvalue weighted by molar-refractivity contribution is 7.07. The zero-order valence-corrected chi connectivity index (χ0v) is 14.3. The molecule has 1 atom stereocenters. The molecule has 0 bridgehead atoms. The van der Waals surface area contributed by atoms with Gasteiger partial charge in [-0.15, -0.1) is 0 Å². The van der Waals surface area contributed by atoms with E-state index in [4.69, 9.17) is 4.74 Å². The fraction of sp³-hybridized carbons (Fsp3) is 0.353. The molecule has 4 rings (SSSR count). The minimum Gasteiger partial charge on any atom is -0.497 e. The minimum atomic E-state index is 0.502. The zero-order chi connectivity index (χ0) is 16.4. The predicted molar refractivity (Wildman–Crippen MR) is 93.8 cm³/mol. The summed E-state index contributed by atoms with van der Waals surface area (Å²) in [6.45, 7) is 2.63. The molecule has 2 aromatic heterocycles. The van der Waals surface area contributed by atoms with Crippen molar-refractivity contribution in [3.05, 3.63) is 52.2 Å². The lowest BCUT2D eigenvalue weighted by Crippen LogP contribution is -2.24. The summed E-state index contributed by atoms with van der Waals surface area (Å²) >= 11 is 1.69. The Labute approximate surface area is 144 Å². The van der Waals surface area contributed by atoms with Crippen molar-refractivity contribution in [3.63, 3.8) is 0 Å². The number of hydrogen-bond acceptors (Lipinski definition) is 6. The fourth-order valence-corrected chi connectivity index (χ4v) is 3.83. The van der Waals surface area contributed by atoms with Gasteiger partial charge in [0.05, 0.1) is 13.7 Å². The number of hydrogen-bond donors (Lipinski definition) is 0. The summed E-state index contributed by atoms with van der Waals surface area (Å²) in [5, 5.41) is 16.5. The standard InChI is InChI=1S/C17H19N5OS/c1-23-16-4-2-14(3-5-16)15-6-8-21(11-15)17-18-19-20-22(17)10-13-7-9-24-12-13/h2-5,7,9,12,15H,6,8,10-11H2,1H3. The number of thiophene rings is 1. The van der Waals surface area contributed by atoms with Crippen LogP contribution < -0.4 is 9.64 Å². The summed E-state index contributed by atoms with van der Waals surface area (Å²) in [4.78, 5) is 2.28. The molecule has 0 spiro atoms. The van der Waals surface area contributed by atoms with Crippen LogP contribution in [0.1, 0.15) is 23.5 Å². The second-order valence-corrected chi connectivity index (χ2v) is 6.75. The number of rotatable bonds is 5. The van der Waals surface area contributed by atoms with Gasteiger partial charge >= 0.3 is 0 Å². The van der Waals surface area contributed by atoms with E-state index in [1.807, 2.05) is 16.8 Å². The van der Waals surface area contributed by atoms with Gasteiger partial charge in [0, 0.05) is 19.0 Å². The molecule has 1 aromatic carbocycles. The van der Waals surface area contributed by atoms with Gasteiger partial charge < -0.3 is 9.64 Å². The Morgan fingerprint density at radius 1 is 1.25 bits per heavy atom. The molecule has 1 aliphatic heterocycles. The number of methoxy groups -OCH3 is 1. The van der Waals surface area contributed by atoms with Crippen molar-refractivity contribution < 1.29 is 4.74 Å². The van der Waals surface area contributed by atoms with Crippen LogP contribution in [0.3, 0.4) is 0 Å². The number of benzene rings is 1. The molecule has 24 heavy (non-hydrogen) atoms. The summed E-state index contributed by atoms with van der Waals surface area (Å²) in [6, 6.07) is 10.5. The van der Waals surface area contributed by atoms with Gasteiger partial charge in [0.1, 0.15) is 5.75 Å². The van der Waals surface area contributed by atoms with E-state index in [-0.39, 0.29) is 0 Å². The van der Waals surface area contributed by atoms with Crippen molar-refractivity contribution in [2.45, 2.75) is 18.9 Å². The highest BCUT2D eigenvalue weighted by atomic mass is 32.1. The second-order valence-electron chi connectivity index (χ2n) is 5.97. The SMILES string of the molecule is COc1ccc(C2CCN(c3nnnn3Cc3ccsc3)C2)cc1. The maximum atomic E-state index is 5.24. The third-order valence-corrected chi connectivity index (χ3v) is 5.22. The molecule has 6 nitrogen and oxygen atoms in total. The number of aromatic nitrogens is 4. The molecule has 3 aromatic rings. The molecule has 1 saturated heterocycles. The molecule has 0 aliphatic carbocycles. The highest BCUT2D eigenvalue weighted by Crippen LogP contribution is 2.30. The van der Waals surface area contributed by atoms with Crippen LogP contribution >= 0.6 is 11.3 Å². The molecule has 7 heteroatoms. The van der Waals surface area contributed by atoms with Crippen molar-refractivity contribution in [2.75, 3.05) is 25.1 Å². The molecular weight excluding hydrogens is 322 g/mol. The Balaban J connectivity index is 1.47. The Morgan fingerprint density at radius 2 is 2.12 bits per heavy atom. The van der Waals surface area contributed by atoms with Crippen molar-refractivity contribution in [2.24, 2.45) is 0 Å². The quantitative estimate of drug-likeness (QED) is 0.714. The molecule has 3 heterocycles. The van der Waals surface area contributed by atoms with Crippen LogP contribution in [-0.4, -0.2) is 40.4 Å². The van der Waals surface area contributed by atoms with E-state index < -0.39 is 0 Å². The van der Waals surface area contributed by atoms with Crippen LogP contribution in [0.25, 0.3) is 0 Å². The van der Waals surface area contributed by atoms with E-state index in [1.165, 1.54) is 11.1 Å². The van der Waals surface area contributed by atoms with E-state index in [0.717, 1.165) is 37.8 Å². The third kappa shape index (κ3) is 2.99. The molecule has 0 N–H and O–H groups in total. The summed E-state index contributed by atoms with van der Waals surface area (Å²) in [5.41, 5.74) is 2.58. The topological polar surface area (TPSA) is 56.1 Å². The second kappa shape index (κ2) is 6.60. The van der Waals surface area contributed by atoms with Gasteiger partial charge in [-0.1, -0.05) is 17.2 Å². The first-order valence-corrected chi connectivity index (χ1v) is 8.94. The Morgan fingerprint density at radius 3 is 2.88 bits per heavy atom. The van der Waals surface area contributed by atoms with Gasteiger partial charge in [-0.25, -0.2) is 4.68 Å². The Bertz CT molecular complexity index is 784.